The van der Waals surface area contributed by atoms with E-state index in [1.807, 2.05) is 31.3 Å². The van der Waals surface area contributed by atoms with E-state index in [4.69, 9.17) is 4.74 Å². The molecule has 2 aromatic carbocycles. The molecule has 0 amide bonds. The molecule has 0 bridgehead atoms. The maximum atomic E-state index is 5.84. The lowest BCUT2D eigenvalue weighted by Crippen LogP contribution is -2.11. The van der Waals surface area contributed by atoms with Crippen molar-refractivity contribution in [1.29, 1.82) is 0 Å². The van der Waals surface area contributed by atoms with Crippen LogP contribution < -0.4 is 10.1 Å². The Morgan fingerprint density at radius 2 is 2.05 bits per heavy atom. The van der Waals surface area contributed by atoms with Crippen LogP contribution in [0.15, 0.2) is 47.5 Å². The van der Waals surface area contributed by atoms with Gasteiger partial charge in [0.25, 0.3) is 0 Å². The van der Waals surface area contributed by atoms with Gasteiger partial charge in [-0.05, 0) is 42.3 Å². The lowest BCUT2D eigenvalue weighted by molar-refractivity contribution is 0.375. The van der Waals surface area contributed by atoms with Crippen molar-refractivity contribution < 1.29 is 4.74 Å². The molecule has 0 atom stereocenters. The molecule has 1 N–H and O–H groups in total. The Balaban J connectivity index is 1.65. The summed E-state index contributed by atoms with van der Waals surface area (Å²) in [6.07, 6.45) is 0.893. The van der Waals surface area contributed by atoms with Crippen LogP contribution in [-0.4, -0.2) is 19.4 Å². The summed E-state index contributed by atoms with van der Waals surface area (Å²) in [6, 6.07) is 14.3. The van der Waals surface area contributed by atoms with Crippen LogP contribution in [0, 0.1) is 6.92 Å². The number of benzene rings is 2. The van der Waals surface area contributed by atoms with E-state index in [2.05, 4.69) is 35.4 Å². The second-order valence-corrected chi connectivity index (χ2v) is 5.00. The number of hydrogen-bond acceptors (Lipinski definition) is 3. The number of nitrogens with zero attached hydrogens (tertiary/aromatic N) is 1. The zero-order chi connectivity index (χ0) is 13.9. The van der Waals surface area contributed by atoms with Crippen molar-refractivity contribution in [3.8, 4) is 5.75 Å². The predicted octanol–water partition coefficient (Wildman–Crippen LogP) is 3.74. The van der Waals surface area contributed by atoms with Gasteiger partial charge in [-0.2, -0.15) is 0 Å². The van der Waals surface area contributed by atoms with Crippen molar-refractivity contribution in [2.45, 2.75) is 13.3 Å². The number of fused-ring (bicyclic) bond motifs is 1. The molecule has 0 spiro atoms. The molecule has 0 unspecified atom stereocenters. The zero-order valence-electron chi connectivity index (χ0n) is 11.8. The summed E-state index contributed by atoms with van der Waals surface area (Å²) in [7, 11) is 1.92. The van der Waals surface area contributed by atoms with Gasteiger partial charge in [0.1, 0.15) is 12.4 Å². The molecule has 0 radical (unpaired) electrons. The van der Waals surface area contributed by atoms with Crippen LogP contribution in [0.1, 0.15) is 11.1 Å². The van der Waals surface area contributed by atoms with E-state index in [1.54, 1.807) is 0 Å². The summed E-state index contributed by atoms with van der Waals surface area (Å²) in [4.78, 5) is 4.60. The number of hydrogen-bond donors (Lipinski definition) is 1. The smallest absolute Gasteiger partial charge is 0.127 e. The third kappa shape index (κ3) is 2.52. The molecule has 3 rings (SSSR count). The van der Waals surface area contributed by atoms with Crippen molar-refractivity contribution in [2.75, 3.05) is 19.0 Å². The van der Waals surface area contributed by atoms with E-state index in [0.717, 1.165) is 29.3 Å². The maximum absolute atomic E-state index is 5.84. The molecule has 0 aromatic heterocycles. The van der Waals surface area contributed by atoms with Crippen LogP contribution in [0.5, 0.6) is 5.75 Å². The number of ether oxygens (including phenoxy) is 1. The van der Waals surface area contributed by atoms with Gasteiger partial charge in [-0.15, -0.1) is 0 Å². The Bertz CT molecular complexity index is 662. The molecule has 0 saturated carbocycles. The highest BCUT2D eigenvalue weighted by atomic mass is 16.5. The van der Waals surface area contributed by atoms with Gasteiger partial charge >= 0.3 is 0 Å². The first-order valence-electron chi connectivity index (χ1n) is 6.82. The average Bonchev–Trinajstić information content (AvgIpc) is 2.88. The number of para-hydroxylation sites is 1. The summed E-state index contributed by atoms with van der Waals surface area (Å²) in [5, 5.41) is 3.15. The van der Waals surface area contributed by atoms with E-state index in [0.29, 0.717) is 6.61 Å². The Labute approximate surface area is 119 Å². The van der Waals surface area contributed by atoms with E-state index in [-0.39, 0.29) is 0 Å². The fourth-order valence-corrected chi connectivity index (χ4v) is 2.46. The fraction of sp³-hybridized carbons (Fsp3) is 0.235. The van der Waals surface area contributed by atoms with Crippen molar-refractivity contribution >= 4 is 17.1 Å². The maximum Gasteiger partial charge on any atom is 0.127 e. The molecule has 102 valence electrons. The Morgan fingerprint density at radius 3 is 2.80 bits per heavy atom. The first-order valence-corrected chi connectivity index (χ1v) is 6.82. The number of aliphatic imine (C=N–C) groups is 1. The summed E-state index contributed by atoms with van der Waals surface area (Å²) >= 11 is 0. The van der Waals surface area contributed by atoms with Crippen LogP contribution in [0.3, 0.4) is 0 Å². The molecule has 2 aromatic rings. The van der Waals surface area contributed by atoms with Crippen LogP contribution in [0.2, 0.25) is 0 Å². The summed E-state index contributed by atoms with van der Waals surface area (Å²) < 4.78 is 5.84. The Morgan fingerprint density at radius 1 is 1.20 bits per heavy atom. The molecular weight excluding hydrogens is 248 g/mol. The van der Waals surface area contributed by atoms with Gasteiger partial charge in [0, 0.05) is 19.2 Å². The van der Waals surface area contributed by atoms with Gasteiger partial charge in [-0.25, -0.2) is 0 Å². The standard InChI is InChI=1S/C17H18N2O/c1-12-9-15(7-8-16(12)18-2)20-11-14-10-13-5-3-4-6-17(13)19-14/h3-9,18H,10-11H2,1-2H3. The highest BCUT2D eigenvalue weighted by Gasteiger charge is 2.14. The number of aryl methyl sites for hydroxylation is 1. The largest absolute Gasteiger partial charge is 0.488 e. The number of anilines is 1. The summed E-state index contributed by atoms with van der Waals surface area (Å²) in [5.41, 5.74) is 5.76. The zero-order valence-corrected chi connectivity index (χ0v) is 11.8. The van der Waals surface area contributed by atoms with E-state index >= 15 is 0 Å². The molecule has 1 heterocycles. The molecule has 0 fully saturated rings. The summed E-state index contributed by atoms with van der Waals surface area (Å²) in [5.74, 6) is 0.889. The van der Waals surface area contributed by atoms with Crippen LogP contribution >= 0.6 is 0 Å². The molecule has 1 aliphatic heterocycles. The molecule has 0 saturated heterocycles. The Kier molecular flexibility index (Phi) is 3.42. The highest BCUT2D eigenvalue weighted by molar-refractivity contribution is 5.95. The SMILES string of the molecule is CNc1ccc(OCC2=Nc3ccccc3C2)cc1C. The van der Waals surface area contributed by atoms with Crippen molar-refractivity contribution in [1.82, 2.24) is 0 Å². The van der Waals surface area contributed by atoms with Gasteiger partial charge in [0.05, 0.1) is 11.4 Å². The molecule has 3 nitrogen and oxygen atoms in total. The molecule has 3 heteroatoms. The van der Waals surface area contributed by atoms with E-state index < -0.39 is 0 Å². The quantitative estimate of drug-likeness (QED) is 0.914. The minimum Gasteiger partial charge on any atom is -0.488 e. The molecule has 1 aliphatic rings. The molecule has 0 aliphatic carbocycles. The summed E-state index contributed by atoms with van der Waals surface area (Å²) in [6.45, 7) is 2.62. The minimum absolute atomic E-state index is 0.549. The van der Waals surface area contributed by atoms with Crippen LogP contribution in [0.25, 0.3) is 0 Å². The molecular formula is C17H18N2O. The van der Waals surface area contributed by atoms with Gasteiger partial charge in [-0.1, -0.05) is 18.2 Å². The average molecular weight is 266 g/mol. The van der Waals surface area contributed by atoms with Gasteiger partial charge < -0.3 is 10.1 Å². The topological polar surface area (TPSA) is 33.6 Å². The fourth-order valence-electron chi connectivity index (χ4n) is 2.46. The normalized spacial score (nSPS) is 12.8. The first kappa shape index (κ1) is 12.7. The highest BCUT2D eigenvalue weighted by Crippen LogP contribution is 2.26. The number of rotatable bonds is 4. The van der Waals surface area contributed by atoms with Crippen molar-refractivity contribution in [2.24, 2.45) is 4.99 Å². The lowest BCUT2D eigenvalue weighted by atomic mass is 10.1. The third-order valence-corrected chi connectivity index (χ3v) is 3.54. The van der Waals surface area contributed by atoms with Gasteiger partial charge in [0.15, 0.2) is 0 Å². The minimum atomic E-state index is 0.549. The second kappa shape index (κ2) is 5.37. The lowest BCUT2D eigenvalue weighted by Gasteiger charge is -2.09. The monoisotopic (exact) mass is 266 g/mol. The Hall–Kier alpha value is -2.29. The van der Waals surface area contributed by atoms with Crippen molar-refractivity contribution in [3.05, 3.63) is 53.6 Å². The van der Waals surface area contributed by atoms with E-state index in [9.17, 15) is 0 Å². The van der Waals surface area contributed by atoms with Crippen molar-refractivity contribution in [3.63, 3.8) is 0 Å². The number of nitrogens with one attached hydrogen (secondary N) is 1. The van der Waals surface area contributed by atoms with Gasteiger partial charge in [-0.3, -0.25) is 4.99 Å². The predicted molar refractivity (Wildman–Crippen MR) is 83.5 cm³/mol. The first-order chi connectivity index (χ1) is 9.76. The second-order valence-electron chi connectivity index (χ2n) is 5.00. The van der Waals surface area contributed by atoms with E-state index in [1.165, 1.54) is 11.1 Å². The van der Waals surface area contributed by atoms with Gasteiger partial charge in [0.2, 0.25) is 0 Å². The van der Waals surface area contributed by atoms with Crippen LogP contribution in [0.4, 0.5) is 11.4 Å². The van der Waals surface area contributed by atoms with Crippen LogP contribution in [-0.2, 0) is 6.42 Å². The third-order valence-electron chi connectivity index (χ3n) is 3.54. The molecule has 20 heavy (non-hydrogen) atoms.